The molecule has 1 aliphatic heterocycles. The molecule has 2 aliphatic rings. The monoisotopic (exact) mass is 826 g/mol. The fourth-order valence-corrected chi connectivity index (χ4v) is 7.25. The van der Waals surface area contributed by atoms with Crippen molar-refractivity contribution in [1.29, 1.82) is 0 Å². The highest BCUT2D eigenvalue weighted by Crippen LogP contribution is 2.44. The number of nitrogens with one attached hydrogen (secondary N) is 6. The number of carbonyl (C=O) groups is 6. The van der Waals surface area contributed by atoms with Crippen LogP contribution in [0.15, 0.2) is 72.8 Å². The number of fused-ring (bicyclic) bond motifs is 3. The normalized spacial score (nSPS) is 14.2. The Morgan fingerprint density at radius 3 is 2.07 bits per heavy atom. The molecular formula is C44H58N8O8. The number of hydrogen-bond donors (Lipinski definition) is 7. The van der Waals surface area contributed by atoms with E-state index in [9.17, 15) is 28.8 Å². The summed E-state index contributed by atoms with van der Waals surface area (Å²) in [6, 6.07) is 20.5. The third kappa shape index (κ3) is 13.4. The minimum Gasteiger partial charge on any atom is -0.449 e. The van der Waals surface area contributed by atoms with Gasteiger partial charge in [-0.2, -0.15) is 0 Å². The standard InChI is InChI=1S/C44H58N8O8/c1-29(2)39(51-38(53)16-4-3-9-21-48-43(57)59-28-36-34-13-7-5-11-32(34)33-12-6-8-14-35(33)36)41(55)50-37(15-10-22-47-42(45)56)40(54)49-31-19-17-30(18-20-31)27-60-44(58)52-25-23-46-24-26-52/h5-8,11-14,17-20,29,36-37,39,46H,3-4,9-10,15-16,21-28H2,1-2H3,(H,48,57)(H,49,54)(H,50,55)(H,51,53)(H3,45,47,56)/t37-,39-/m0/s1. The molecular weight excluding hydrogens is 769 g/mol. The molecule has 322 valence electrons. The van der Waals surface area contributed by atoms with Crippen LogP contribution < -0.4 is 37.6 Å². The maximum absolute atomic E-state index is 13.6. The number of primary amides is 1. The third-order valence-corrected chi connectivity index (χ3v) is 10.5. The zero-order valence-electron chi connectivity index (χ0n) is 34.4. The Hall–Kier alpha value is -6.16. The maximum atomic E-state index is 13.6. The molecule has 8 N–H and O–H groups in total. The van der Waals surface area contributed by atoms with Crippen LogP contribution >= 0.6 is 0 Å². The Balaban J connectivity index is 1.03. The van der Waals surface area contributed by atoms with Crippen molar-refractivity contribution in [3.63, 3.8) is 0 Å². The first-order valence-electron chi connectivity index (χ1n) is 20.7. The number of ether oxygens (including phenoxy) is 2. The number of urea groups is 1. The van der Waals surface area contributed by atoms with Crippen LogP contribution in [-0.4, -0.2) is 98.8 Å². The van der Waals surface area contributed by atoms with Crippen LogP contribution in [0.4, 0.5) is 20.1 Å². The smallest absolute Gasteiger partial charge is 0.410 e. The Morgan fingerprint density at radius 2 is 1.42 bits per heavy atom. The van der Waals surface area contributed by atoms with E-state index >= 15 is 0 Å². The molecule has 7 amide bonds. The van der Waals surface area contributed by atoms with Gasteiger partial charge in [-0.15, -0.1) is 0 Å². The first kappa shape index (κ1) is 44.9. The molecule has 16 heteroatoms. The van der Waals surface area contributed by atoms with Crippen molar-refractivity contribution in [2.24, 2.45) is 11.7 Å². The average Bonchev–Trinajstić information content (AvgIpc) is 3.57. The number of alkyl carbamates (subject to hydrolysis) is 1. The van der Waals surface area contributed by atoms with E-state index in [4.69, 9.17) is 15.2 Å². The summed E-state index contributed by atoms with van der Waals surface area (Å²) in [6.07, 6.45) is 1.67. The van der Waals surface area contributed by atoms with Gasteiger partial charge in [-0.05, 0) is 71.6 Å². The van der Waals surface area contributed by atoms with Crippen molar-refractivity contribution in [3.8, 4) is 11.1 Å². The van der Waals surface area contributed by atoms with Crippen LogP contribution in [0, 0.1) is 5.92 Å². The van der Waals surface area contributed by atoms with Gasteiger partial charge in [-0.3, -0.25) is 14.4 Å². The molecule has 0 saturated carbocycles. The number of rotatable bonds is 20. The highest BCUT2D eigenvalue weighted by atomic mass is 16.6. The number of piperazine rings is 1. The van der Waals surface area contributed by atoms with E-state index in [0.717, 1.165) is 40.9 Å². The molecule has 0 unspecified atom stereocenters. The molecule has 0 aromatic heterocycles. The molecule has 1 heterocycles. The number of nitrogens with two attached hydrogens (primary N) is 1. The first-order chi connectivity index (χ1) is 29.0. The quantitative estimate of drug-likeness (QED) is 0.0805. The van der Waals surface area contributed by atoms with Crippen molar-refractivity contribution >= 4 is 41.6 Å². The van der Waals surface area contributed by atoms with Crippen LogP contribution in [0.5, 0.6) is 0 Å². The zero-order chi connectivity index (χ0) is 42.9. The molecule has 16 nitrogen and oxygen atoms in total. The zero-order valence-corrected chi connectivity index (χ0v) is 34.4. The van der Waals surface area contributed by atoms with Crippen LogP contribution in [0.3, 0.4) is 0 Å². The largest absolute Gasteiger partial charge is 0.449 e. The van der Waals surface area contributed by atoms with Gasteiger partial charge in [0.1, 0.15) is 25.3 Å². The molecule has 60 heavy (non-hydrogen) atoms. The van der Waals surface area contributed by atoms with E-state index in [1.807, 2.05) is 24.3 Å². The van der Waals surface area contributed by atoms with Gasteiger partial charge >= 0.3 is 18.2 Å². The van der Waals surface area contributed by atoms with Crippen molar-refractivity contribution in [1.82, 2.24) is 31.5 Å². The lowest BCUT2D eigenvalue weighted by molar-refractivity contribution is -0.132. The van der Waals surface area contributed by atoms with E-state index in [1.54, 1.807) is 43.0 Å². The number of hydrogen-bond acceptors (Lipinski definition) is 9. The maximum Gasteiger partial charge on any atom is 0.410 e. The van der Waals surface area contributed by atoms with Crippen LogP contribution in [0.1, 0.15) is 75.0 Å². The first-order valence-corrected chi connectivity index (χ1v) is 20.7. The van der Waals surface area contributed by atoms with Gasteiger partial charge in [0.25, 0.3) is 0 Å². The van der Waals surface area contributed by atoms with Gasteiger partial charge in [-0.1, -0.05) is 80.9 Å². The molecule has 1 saturated heterocycles. The van der Waals surface area contributed by atoms with Gasteiger partial charge < -0.3 is 52.0 Å². The second-order valence-electron chi connectivity index (χ2n) is 15.3. The van der Waals surface area contributed by atoms with Crippen molar-refractivity contribution < 1.29 is 38.2 Å². The summed E-state index contributed by atoms with van der Waals surface area (Å²) in [5.41, 5.74) is 11.0. The van der Waals surface area contributed by atoms with Crippen molar-refractivity contribution in [3.05, 3.63) is 89.5 Å². The fourth-order valence-electron chi connectivity index (χ4n) is 7.25. The highest BCUT2D eigenvalue weighted by Gasteiger charge is 2.30. The van der Waals surface area contributed by atoms with Gasteiger partial charge in [0.2, 0.25) is 17.7 Å². The summed E-state index contributed by atoms with van der Waals surface area (Å²) >= 11 is 0. The molecule has 5 rings (SSSR count). The molecule has 0 bridgehead atoms. The second-order valence-corrected chi connectivity index (χ2v) is 15.3. The summed E-state index contributed by atoms with van der Waals surface area (Å²) in [5, 5.41) is 16.9. The molecule has 3 aromatic rings. The molecule has 2 atom stereocenters. The second kappa shape index (κ2) is 22.8. The van der Waals surface area contributed by atoms with E-state index in [-0.39, 0.29) is 56.4 Å². The number of amides is 7. The number of nitrogens with zero attached hydrogens (tertiary/aromatic N) is 1. The van der Waals surface area contributed by atoms with Crippen molar-refractivity contribution in [2.45, 2.75) is 77.0 Å². The van der Waals surface area contributed by atoms with Gasteiger partial charge in [0, 0.05) is 57.3 Å². The number of anilines is 1. The van der Waals surface area contributed by atoms with E-state index in [2.05, 4.69) is 56.2 Å². The van der Waals surface area contributed by atoms with Gasteiger partial charge in [0.05, 0.1) is 0 Å². The number of unbranched alkanes of at least 4 members (excludes halogenated alkanes) is 2. The highest BCUT2D eigenvalue weighted by molar-refractivity contribution is 5.98. The molecule has 0 radical (unpaired) electrons. The molecule has 3 aromatic carbocycles. The lowest BCUT2D eigenvalue weighted by atomic mass is 9.98. The summed E-state index contributed by atoms with van der Waals surface area (Å²) in [4.78, 5) is 77.7. The van der Waals surface area contributed by atoms with E-state index in [1.165, 1.54) is 0 Å². The molecule has 1 aliphatic carbocycles. The Morgan fingerprint density at radius 1 is 0.767 bits per heavy atom. The number of benzene rings is 3. The Kier molecular flexibility index (Phi) is 17.1. The van der Waals surface area contributed by atoms with Gasteiger partial charge in [0.15, 0.2) is 0 Å². The lowest BCUT2D eigenvalue weighted by Gasteiger charge is -2.26. The SMILES string of the molecule is CC(C)[C@H](NC(=O)CCCCCNC(=O)OCC1c2ccccc2-c2ccccc21)C(=O)N[C@@H](CCCNC(N)=O)C(=O)Nc1ccc(COC(=O)N2CCNCC2)cc1. The summed E-state index contributed by atoms with van der Waals surface area (Å²) < 4.78 is 11.0. The van der Waals surface area contributed by atoms with Crippen LogP contribution in [-0.2, 0) is 30.5 Å². The topological polar surface area (TPSA) is 222 Å². The average molecular weight is 827 g/mol. The lowest BCUT2D eigenvalue weighted by Crippen LogP contribution is -2.54. The Bertz CT molecular complexity index is 1890. The summed E-state index contributed by atoms with van der Waals surface area (Å²) in [5.74, 6) is -1.62. The Labute approximate surface area is 351 Å². The van der Waals surface area contributed by atoms with E-state index in [0.29, 0.717) is 51.0 Å². The van der Waals surface area contributed by atoms with Gasteiger partial charge in [-0.25, -0.2) is 14.4 Å². The summed E-state index contributed by atoms with van der Waals surface area (Å²) in [6.45, 7) is 7.10. The fraction of sp³-hybridized carbons (Fsp3) is 0.455. The van der Waals surface area contributed by atoms with Crippen molar-refractivity contribution in [2.75, 3.05) is 51.2 Å². The minimum atomic E-state index is -0.992. The predicted octanol–water partition coefficient (Wildman–Crippen LogP) is 4.34. The van der Waals surface area contributed by atoms with Crippen LogP contribution in [0.25, 0.3) is 11.1 Å². The predicted molar refractivity (Wildman–Crippen MR) is 227 cm³/mol. The molecule has 0 spiro atoms. The number of carbonyl (C=O) groups excluding carboxylic acids is 6. The molecule has 1 fully saturated rings. The minimum absolute atomic E-state index is 0.0236. The van der Waals surface area contributed by atoms with Crippen LogP contribution in [0.2, 0.25) is 0 Å². The summed E-state index contributed by atoms with van der Waals surface area (Å²) in [7, 11) is 0. The third-order valence-electron chi connectivity index (χ3n) is 10.5. The van der Waals surface area contributed by atoms with E-state index < -0.39 is 36.0 Å².